The number of nitrogens with zero attached hydrogens (tertiary/aromatic N) is 1. The fourth-order valence-electron chi connectivity index (χ4n) is 2.07. The molecule has 1 saturated heterocycles. The van der Waals surface area contributed by atoms with E-state index < -0.39 is 24.0 Å². The Bertz CT molecular complexity index is 355. The standard InChI is InChI=1S/C12H21N3O5/c16-10(17)4-3-9(11(18)19)14-12(20)13-5-8-15-6-1-2-7-15/h9H,1-8H2,(H,16,17)(H,18,19)(H2,13,14,20)/t9-/m0/s1. The molecule has 0 aromatic carbocycles. The second-order valence-corrected chi connectivity index (χ2v) is 4.77. The number of carbonyl (C=O) groups excluding carboxylic acids is 1. The average Bonchev–Trinajstić information content (AvgIpc) is 2.87. The molecule has 0 aromatic rings. The average molecular weight is 287 g/mol. The molecule has 20 heavy (non-hydrogen) atoms. The van der Waals surface area contributed by atoms with Crippen molar-refractivity contribution < 1.29 is 24.6 Å². The largest absolute Gasteiger partial charge is 0.481 e. The first-order valence-corrected chi connectivity index (χ1v) is 6.70. The van der Waals surface area contributed by atoms with Crippen LogP contribution in [-0.2, 0) is 9.59 Å². The van der Waals surface area contributed by atoms with Crippen molar-refractivity contribution >= 4 is 18.0 Å². The molecule has 0 aliphatic carbocycles. The van der Waals surface area contributed by atoms with Gasteiger partial charge in [0.2, 0.25) is 0 Å². The van der Waals surface area contributed by atoms with Crippen LogP contribution in [0, 0.1) is 0 Å². The molecule has 2 amide bonds. The number of amides is 2. The van der Waals surface area contributed by atoms with Crippen LogP contribution in [0.15, 0.2) is 0 Å². The van der Waals surface area contributed by atoms with Crippen LogP contribution < -0.4 is 10.6 Å². The minimum atomic E-state index is -1.24. The summed E-state index contributed by atoms with van der Waals surface area (Å²) in [5.41, 5.74) is 0. The minimum Gasteiger partial charge on any atom is -0.481 e. The van der Waals surface area contributed by atoms with E-state index in [-0.39, 0.29) is 12.8 Å². The van der Waals surface area contributed by atoms with Gasteiger partial charge < -0.3 is 25.7 Å². The monoisotopic (exact) mass is 287 g/mol. The molecule has 1 fully saturated rings. The highest BCUT2D eigenvalue weighted by molar-refractivity contribution is 5.82. The number of rotatable bonds is 8. The molecular formula is C12H21N3O5. The van der Waals surface area contributed by atoms with Crippen LogP contribution in [0.5, 0.6) is 0 Å². The van der Waals surface area contributed by atoms with E-state index in [0.29, 0.717) is 6.54 Å². The van der Waals surface area contributed by atoms with Gasteiger partial charge in [0.25, 0.3) is 0 Å². The summed E-state index contributed by atoms with van der Waals surface area (Å²) in [6.07, 6.45) is 1.90. The number of likely N-dealkylation sites (tertiary alicyclic amines) is 1. The maximum Gasteiger partial charge on any atom is 0.326 e. The number of carboxylic acid groups (broad SMARTS) is 2. The fraction of sp³-hybridized carbons (Fsp3) is 0.750. The van der Waals surface area contributed by atoms with Gasteiger partial charge in [-0.1, -0.05) is 0 Å². The lowest BCUT2D eigenvalue weighted by Gasteiger charge is -2.17. The van der Waals surface area contributed by atoms with Gasteiger partial charge in [0.15, 0.2) is 0 Å². The summed E-state index contributed by atoms with van der Waals surface area (Å²) in [5.74, 6) is -2.33. The van der Waals surface area contributed by atoms with Gasteiger partial charge >= 0.3 is 18.0 Å². The maximum absolute atomic E-state index is 11.5. The number of hydrogen-bond acceptors (Lipinski definition) is 4. The van der Waals surface area contributed by atoms with Gasteiger partial charge in [-0.25, -0.2) is 9.59 Å². The Balaban J connectivity index is 2.22. The van der Waals surface area contributed by atoms with Crippen LogP contribution in [0.3, 0.4) is 0 Å². The van der Waals surface area contributed by atoms with Crippen LogP contribution in [0.1, 0.15) is 25.7 Å². The van der Waals surface area contributed by atoms with Crippen molar-refractivity contribution in [2.75, 3.05) is 26.2 Å². The number of nitrogens with one attached hydrogen (secondary N) is 2. The summed E-state index contributed by atoms with van der Waals surface area (Å²) >= 11 is 0. The highest BCUT2D eigenvalue weighted by atomic mass is 16.4. The first-order chi connectivity index (χ1) is 9.49. The summed E-state index contributed by atoms with van der Waals surface area (Å²) in [6, 6.07) is -1.76. The SMILES string of the molecule is O=C(O)CC[C@H](NC(=O)NCCN1CCCC1)C(=O)O. The van der Waals surface area contributed by atoms with E-state index in [2.05, 4.69) is 15.5 Å². The summed E-state index contributed by atoms with van der Waals surface area (Å²) < 4.78 is 0. The second-order valence-electron chi connectivity index (χ2n) is 4.77. The first-order valence-electron chi connectivity index (χ1n) is 6.70. The Labute approximate surface area is 117 Å². The lowest BCUT2D eigenvalue weighted by Crippen LogP contribution is -2.47. The van der Waals surface area contributed by atoms with Crippen LogP contribution in [-0.4, -0.2) is 65.3 Å². The summed E-state index contributed by atoms with van der Waals surface area (Å²) in [6.45, 7) is 3.23. The van der Waals surface area contributed by atoms with Gasteiger partial charge in [-0.3, -0.25) is 4.79 Å². The zero-order valence-electron chi connectivity index (χ0n) is 11.3. The highest BCUT2D eigenvalue weighted by Gasteiger charge is 2.20. The van der Waals surface area contributed by atoms with Crippen molar-refractivity contribution in [3.8, 4) is 0 Å². The van der Waals surface area contributed by atoms with Crippen LogP contribution >= 0.6 is 0 Å². The normalized spacial score (nSPS) is 16.6. The molecule has 0 radical (unpaired) electrons. The van der Waals surface area contributed by atoms with Gasteiger partial charge in [-0.15, -0.1) is 0 Å². The lowest BCUT2D eigenvalue weighted by atomic mass is 10.1. The molecule has 0 spiro atoms. The third kappa shape index (κ3) is 6.37. The van der Waals surface area contributed by atoms with Crippen LogP contribution in [0.25, 0.3) is 0 Å². The van der Waals surface area contributed by atoms with Gasteiger partial charge in [0.05, 0.1) is 0 Å². The van der Waals surface area contributed by atoms with Crippen LogP contribution in [0.4, 0.5) is 4.79 Å². The summed E-state index contributed by atoms with van der Waals surface area (Å²) in [5, 5.41) is 22.2. The van der Waals surface area contributed by atoms with E-state index in [1.54, 1.807) is 0 Å². The Morgan fingerprint density at radius 1 is 1.15 bits per heavy atom. The summed E-state index contributed by atoms with van der Waals surface area (Å²) in [4.78, 5) is 35.0. The molecule has 0 unspecified atom stereocenters. The molecule has 1 heterocycles. The molecule has 114 valence electrons. The fourth-order valence-corrected chi connectivity index (χ4v) is 2.07. The van der Waals surface area contributed by atoms with Crippen molar-refractivity contribution in [2.45, 2.75) is 31.7 Å². The predicted octanol–water partition coefficient (Wildman–Crippen LogP) is -0.301. The molecule has 0 saturated carbocycles. The van der Waals surface area contributed by atoms with Crippen molar-refractivity contribution in [1.82, 2.24) is 15.5 Å². The molecule has 8 heteroatoms. The van der Waals surface area contributed by atoms with E-state index in [4.69, 9.17) is 10.2 Å². The quantitative estimate of drug-likeness (QED) is 0.486. The van der Waals surface area contributed by atoms with Gasteiger partial charge in [0.1, 0.15) is 6.04 Å². The van der Waals surface area contributed by atoms with Crippen molar-refractivity contribution in [3.63, 3.8) is 0 Å². The Hall–Kier alpha value is -1.83. The predicted molar refractivity (Wildman–Crippen MR) is 70.5 cm³/mol. The molecule has 0 aromatic heterocycles. The van der Waals surface area contributed by atoms with Gasteiger partial charge in [0, 0.05) is 19.5 Å². The molecule has 4 N–H and O–H groups in total. The van der Waals surface area contributed by atoms with E-state index in [9.17, 15) is 14.4 Å². The molecule has 8 nitrogen and oxygen atoms in total. The zero-order valence-corrected chi connectivity index (χ0v) is 11.3. The molecule has 1 aliphatic heterocycles. The maximum atomic E-state index is 11.5. The Morgan fingerprint density at radius 2 is 1.80 bits per heavy atom. The molecular weight excluding hydrogens is 266 g/mol. The number of hydrogen-bond donors (Lipinski definition) is 4. The number of urea groups is 1. The van der Waals surface area contributed by atoms with Gasteiger partial charge in [-0.05, 0) is 32.4 Å². The van der Waals surface area contributed by atoms with Crippen molar-refractivity contribution in [2.24, 2.45) is 0 Å². The smallest absolute Gasteiger partial charge is 0.326 e. The van der Waals surface area contributed by atoms with E-state index in [1.807, 2.05) is 0 Å². The lowest BCUT2D eigenvalue weighted by molar-refractivity contribution is -0.140. The Kier molecular flexibility index (Phi) is 6.78. The highest BCUT2D eigenvalue weighted by Crippen LogP contribution is 2.05. The zero-order chi connectivity index (χ0) is 15.0. The van der Waals surface area contributed by atoms with E-state index in [1.165, 1.54) is 12.8 Å². The second kappa shape index (κ2) is 8.36. The number of carbonyl (C=O) groups is 3. The van der Waals surface area contributed by atoms with Crippen molar-refractivity contribution in [1.29, 1.82) is 0 Å². The third-order valence-corrected chi connectivity index (χ3v) is 3.16. The molecule has 1 atom stereocenters. The minimum absolute atomic E-state index is 0.135. The summed E-state index contributed by atoms with van der Waals surface area (Å²) in [7, 11) is 0. The van der Waals surface area contributed by atoms with Gasteiger partial charge in [-0.2, -0.15) is 0 Å². The first kappa shape index (κ1) is 16.2. The molecule has 1 aliphatic rings. The topological polar surface area (TPSA) is 119 Å². The van der Waals surface area contributed by atoms with E-state index in [0.717, 1.165) is 19.6 Å². The third-order valence-electron chi connectivity index (χ3n) is 3.16. The van der Waals surface area contributed by atoms with E-state index >= 15 is 0 Å². The van der Waals surface area contributed by atoms with Crippen molar-refractivity contribution in [3.05, 3.63) is 0 Å². The number of aliphatic carboxylic acids is 2. The Morgan fingerprint density at radius 3 is 2.35 bits per heavy atom. The molecule has 0 bridgehead atoms. The van der Waals surface area contributed by atoms with Crippen LogP contribution in [0.2, 0.25) is 0 Å². The number of carboxylic acids is 2. The molecule has 1 rings (SSSR count).